The zero-order chi connectivity index (χ0) is 19.8. The van der Waals surface area contributed by atoms with Crippen LogP contribution in [0.25, 0.3) is 0 Å². The fourth-order valence-electron chi connectivity index (χ4n) is 1.41. The van der Waals surface area contributed by atoms with E-state index in [0.717, 1.165) is 0 Å². The van der Waals surface area contributed by atoms with Gasteiger partial charge in [-0.25, -0.2) is 9.59 Å². The van der Waals surface area contributed by atoms with E-state index in [0.29, 0.717) is 12.8 Å². The zero-order valence-corrected chi connectivity index (χ0v) is 13.8. The van der Waals surface area contributed by atoms with Crippen LogP contribution in [0, 0.1) is 0 Å². The highest BCUT2D eigenvalue weighted by molar-refractivity contribution is 6.01. The quantitative estimate of drug-likeness (QED) is 0.431. The van der Waals surface area contributed by atoms with Crippen molar-refractivity contribution in [3.05, 3.63) is 48.0 Å². The van der Waals surface area contributed by atoms with Gasteiger partial charge >= 0.3 is 23.9 Å². The Kier molecular flexibility index (Phi) is 13.9. The standard InChI is InChI=1S/C8H6O4.C6H10O4.C3H6/c9-7(10)5-3-1-2-4-6(5)8(11)12;7-5(8)3-1-2-4-6(9)10;1-3-2/h1-4H,(H,9,10)(H,11,12);1-4H2,(H,7,8)(H,9,10);3H,1H2,2H3. The number of carboxylic acid groups (broad SMARTS) is 4. The molecule has 0 aliphatic carbocycles. The van der Waals surface area contributed by atoms with E-state index >= 15 is 0 Å². The highest BCUT2D eigenvalue weighted by atomic mass is 16.4. The molecule has 0 heterocycles. The van der Waals surface area contributed by atoms with Crippen molar-refractivity contribution in [2.24, 2.45) is 0 Å². The molecule has 0 aliphatic rings. The van der Waals surface area contributed by atoms with E-state index in [9.17, 15) is 19.2 Å². The number of allylic oxidation sites excluding steroid dienone is 1. The molecule has 8 heteroatoms. The van der Waals surface area contributed by atoms with Crippen molar-refractivity contribution in [3.8, 4) is 0 Å². The molecule has 138 valence electrons. The van der Waals surface area contributed by atoms with Gasteiger partial charge < -0.3 is 20.4 Å². The van der Waals surface area contributed by atoms with Crippen molar-refractivity contribution < 1.29 is 39.6 Å². The summed E-state index contributed by atoms with van der Waals surface area (Å²) in [6.45, 7) is 5.25. The molecule has 0 atom stereocenters. The fraction of sp³-hybridized carbons (Fsp3) is 0.294. The minimum atomic E-state index is -1.23. The van der Waals surface area contributed by atoms with Crippen LogP contribution in [0.15, 0.2) is 36.9 Å². The molecular weight excluding hydrogens is 332 g/mol. The summed E-state index contributed by atoms with van der Waals surface area (Å²) < 4.78 is 0. The molecule has 1 aromatic carbocycles. The zero-order valence-electron chi connectivity index (χ0n) is 13.8. The maximum atomic E-state index is 10.5. The van der Waals surface area contributed by atoms with Gasteiger partial charge in [-0.3, -0.25) is 9.59 Å². The van der Waals surface area contributed by atoms with E-state index < -0.39 is 23.9 Å². The summed E-state index contributed by atoms with van der Waals surface area (Å²) in [6, 6.07) is 5.48. The second-order valence-corrected chi connectivity index (χ2v) is 4.56. The number of hydrogen-bond donors (Lipinski definition) is 4. The first-order chi connectivity index (χ1) is 11.7. The van der Waals surface area contributed by atoms with Crippen molar-refractivity contribution >= 4 is 23.9 Å². The number of aliphatic carboxylic acids is 2. The van der Waals surface area contributed by atoms with Crippen molar-refractivity contribution in [1.82, 2.24) is 0 Å². The molecule has 8 nitrogen and oxygen atoms in total. The Hall–Kier alpha value is -3.16. The van der Waals surface area contributed by atoms with Gasteiger partial charge in [0.05, 0.1) is 11.1 Å². The van der Waals surface area contributed by atoms with Gasteiger partial charge in [-0.2, -0.15) is 0 Å². The van der Waals surface area contributed by atoms with Gasteiger partial charge in [0.15, 0.2) is 0 Å². The molecule has 1 aromatic rings. The Bertz CT molecular complexity index is 543. The monoisotopic (exact) mass is 354 g/mol. The lowest BCUT2D eigenvalue weighted by Crippen LogP contribution is -2.06. The number of carbonyl (C=O) groups is 4. The molecule has 0 amide bonds. The number of rotatable bonds is 7. The normalized spacial score (nSPS) is 8.68. The molecule has 1 rings (SSSR count). The van der Waals surface area contributed by atoms with Gasteiger partial charge in [-0.15, -0.1) is 6.58 Å². The molecule has 0 radical (unpaired) electrons. The predicted molar refractivity (Wildman–Crippen MR) is 90.0 cm³/mol. The minimum absolute atomic E-state index is 0.0628. The topological polar surface area (TPSA) is 149 Å². The molecule has 0 bridgehead atoms. The minimum Gasteiger partial charge on any atom is -0.481 e. The summed E-state index contributed by atoms with van der Waals surface area (Å²) in [4.78, 5) is 40.7. The molecule has 4 N–H and O–H groups in total. The first-order valence-corrected chi connectivity index (χ1v) is 7.23. The second kappa shape index (κ2) is 14.4. The highest BCUT2D eigenvalue weighted by Crippen LogP contribution is 2.07. The van der Waals surface area contributed by atoms with Gasteiger partial charge in [0.25, 0.3) is 0 Å². The molecule has 0 fully saturated rings. The molecule has 0 aromatic heterocycles. The van der Waals surface area contributed by atoms with E-state index in [1.165, 1.54) is 24.3 Å². The summed E-state index contributed by atoms with van der Waals surface area (Å²) in [5.74, 6) is -4.20. The van der Waals surface area contributed by atoms with E-state index in [-0.39, 0.29) is 24.0 Å². The van der Waals surface area contributed by atoms with Gasteiger partial charge in [-0.05, 0) is 31.9 Å². The number of aromatic carboxylic acids is 2. The fourth-order valence-corrected chi connectivity index (χ4v) is 1.41. The Balaban J connectivity index is 0. The van der Waals surface area contributed by atoms with E-state index in [4.69, 9.17) is 20.4 Å². The largest absolute Gasteiger partial charge is 0.481 e. The second-order valence-electron chi connectivity index (χ2n) is 4.56. The van der Waals surface area contributed by atoms with Crippen LogP contribution in [0.2, 0.25) is 0 Å². The van der Waals surface area contributed by atoms with Crippen molar-refractivity contribution in [2.45, 2.75) is 32.6 Å². The van der Waals surface area contributed by atoms with E-state index in [1.807, 2.05) is 6.92 Å². The molecule has 0 saturated heterocycles. The van der Waals surface area contributed by atoms with E-state index in [2.05, 4.69) is 6.58 Å². The van der Waals surface area contributed by atoms with Gasteiger partial charge in [0, 0.05) is 12.8 Å². The smallest absolute Gasteiger partial charge is 0.336 e. The van der Waals surface area contributed by atoms with E-state index in [1.54, 1.807) is 6.08 Å². The third-order valence-electron chi connectivity index (χ3n) is 2.42. The average molecular weight is 354 g/mol. The van der Waals surface area contributed by atoms with Crippen LogP contribution in [0.5, 0.6) is 0 Å². The van der Waals surface area contributed by atoms with Crippen LogP contribution < -0.4 is 0 Å². The Morgan fingerprint density at radius 1 is 0.840 bits per heavy atom. The van der Waals surface area contributed by atoms with Crippen LogP contribution in [-0.2, 0) is 9.59 Å². The Morgan fingerprint density at radius 3 is 1.32 bits per heavy atom. The van der Waals surface area contributed by atoms with Crippen LogP contribution in [0.3, 0.4) is 0 Å². The van der Waals surface area contributed by atoms with Crippen LogP contribution in [-0.4, -0.2) is 44.3 Å². The first kappa shape index (κ1) is 24.1. The number of benzene rings is 1. The van der Waals surface area contributed by atoms with Gasteiger partial charge in [0.1, 0.15) is 0 Å². The highest BCUT2D eigenvalue weighted by Gasteiger charge is 2.13. The van der Waals surface area contributed by atoms with Crippen molar-refractivity contribution in [2.75, 3.05) is 0 Å². The predicted octanol–water partition coefficient (Wildman–Crippen LogP) is 2.99. The van der Waals surface area contributed by atoms with Crippen molar-refractivity contribution in [1.29, 1.82) is 0 Å². The van der Waals surface area contributed by atoms with Crippen molar-refractivity contribution in [3.63, 3.8) is 0 Å². The first-order valence-electron chi connectivity index (χ1n) is 7.23. The Morgan fingerprint density at radius 2 is 1.12 bits per heavy atom. The summed E-state index contributed by atoms with van der Waals surface area (Å²) in [5, 5.41) is 33.4. The van der Waals surface area contributed by atoms with Gasteiger partial charge in [0.2, 0.25) is 0 Å². The molecular formula is C17H22O8. The third kappa shape index (κ3) is 14.2. The molecule has 0 saturated carbocycles. The summed E-state index contributed by atoms with van der Waals surface area (Å²) in [7, 11) is 0. The summed E-state index contributed by atoms with van der Waals surface area (Å²) in [5.41, 5.74) is -0.380. The molecule has 0 unspecified atom stereocenters. The average Bonchev–Trinajstić information content (AvgIpc) is 2.52. The van der Waals surface area contributed by atoms with Gasteiger partial charge in [-0.1, -0.05) is 18.2 Å². The SMILES string of the molecule is C=CC.O=C(O)CCCCC(=O)O.O=C(O)c1ccccc1C(=O)O. The summed E-state index contributed by atoms with van der Waals surface area (Å²) >= 11 is 0. The lowest BCUT2D eigenvalue weighted by molar-refractivity contribution is -0.139. The lowest BCUT2D eigenvalue weighted by Gasteiger charge is -1.98. The maximum Gasteiger partial charge on any atom is 0.336 e. The van der Waals surface area contributed by atoms with Crippen LogP contribution in [0.1, 0.15) is 53.3 Å². The number of unbranched alkanes of at least 4 members (excludes halogenated alkanes) is 1. The van der Waals surface area contributed by atoms with Crippen LogP contribution >= 0.6 is 0 Å². The molecule has 25 heavy (non-hydrogen) atoms. The number of hydrogen-bond acceptors (Lipinski definition) is 4. The van der Waals surface area contributed by atoms with Crippen LogP contribution in [0.4, 0.5) is 0 Å². The Labute approximate surface area is 145 Å². The number of carboxylic acids is 4. The lowest BCUT2D eigenvalue weighted by atomic mass is 10.1. The maximum absolute atomic E-state index is 10.5. The summed E-state index contributed by atoms with van der Waals surface area (Å²) in [6.07, 6.45) is 2.77. The molecule has 0 aliphatic heterocycles. The molecule has 0 spiro atoms. The third-order valence-corrected chi connectivity index (χ3v) is 2.42.